The van der Waals surface area contributed by atoms with Gasteiger partial charge >= 0.3 is 0 Å². The Hall–Kier alpha value is -1.90. The van der Waals surface area contributed by atoms with Crippen molar-refractivity contribution in [2.75, 3.05) is 20.2 Å². The molecular weight excluding hydrogens is 384 g/mol. The maximum Gasteiger partial charge on any atom is 0.250 e. The van der Waals surface area contributed by atoms with E-state index >= 15 is 0 Å². The lowest BCUT2D eigenvalue weighted by Crippen LogP contribution is -2.46. The van der Waals surface area contributed by atoms with Gasteiger partial charge in [-0.15, -0.1) is 11.3 Å². The first-order valence-corrected chi connectivity index (χ1v) is 11.3. The molecule has 1 aliphatic heterocycles. The summed E-state index contributed by atoms with van der Waals surface area (Å²) in [4.78, 5) is 14.3. The van der Waals surface area contributed by atoms with Crippen LogP contribution < -0.4 is 9.46 Å². The van der Waals surface area contributed by atoms with E-state index in [2.05, 4.69) is 4.72 Å². The van der Waals surface area contributed by atoms with Crippen LogP contribution in [0.3, 0.4) is 0 Å². The third-order valence-electron chi connectivity index (χ3n) is 4.73. The number of hydrogen-bond donors (Lipinski definition) is 1. The molecule has 1 aromatic carbocycles. The molecule has 8 heteroatoms. The van der Waals surface area contributed by atoms with E-state index in [-0.39, 0.29) is 11.9 Å². The van der Waals surface area contributed by atoms with Crippen molar-refractivity contribution < 1.29 is 17.9 Å². The van der Waals surface area contributed by atoms with Crippen LogP contribution in [0.15, 0.2) is 46.0 Å². The van der Waals surface area contributed by atoms with Crippen LogP contribution in [-0.4, -0.2) is 45.5 Å². The quantitative estimate of drug-likeness (QED) is 0.764. The normalized spacial score (nSPS) is 15.7. The Morgan fingerprint density at radius 3 is 2.63 bits per heavy atom. The number of thiophene rings is 1. The van der Waals surface area contributed by atoms with Gasteiger partial charge in [-0.05, 0) is 42.3 Å². The number of likely N-dealkylation sites (tertiary alicyclic amines) is 1. The minimum atomic E-state index is -3.46. The summed E-state index contributed by atoms with van der Waals surface area (Å²) in [6, 6.07) is 10.9. The monoisotopic (exact) mass is 408 g/mol. The van der Waals surface area contributed by atoms with Gasteiger partial charge in [0.05, 0.1) is 7.11 Å². The third kappa shape index (κ3) is 5.09. The first kappa shape index (κ1) is 19.9. The fourth-order valence-electron chi connectivity index (χ4n) is 3.25. The van der Waals surface area contributed by atoms with E-state index in [1.54, 1.807) is 24.6 Å². The molecule has 1 N–H and O–H groups in total. The Labute approximate surface area is 164 Å². The molecule has 146 valence electrons. The molecule has 2 aromatic rings. The predicted octanol–water partition coefficient (Wildman–Crippen LogP) is 2.66. The van der Waals surface area contributed by atoms with E-state index in [1.807, 2.05) is 29.2 Å². The zero-order chi connectivity index (χ0) is 19.3. The summed E-state index contributed by atoms with van der Waals surface area (Å²) in [5.74, 6) is 0.896. The van der Waals surface area contributed by atoms with Crippen molar-refractivity contribution >= 4 is 27.3 Å². The predicted molar refractivity (Wildman–Crippen MR) is 106 cm³/mol. The molecule has 3 rings (SSSR count). The molecule has 0 spiro atoms. The molecule has 1 aromatic heterocycles. The smallest absolute Gasteiger partial charge is 0.250 e. The summed E-state index contributed by atoms with van der Waals surface area (Å²) in [5, 5.41) is 1.75. The van der Waals surface area contributed by atoms with Crippen molar-refractivity contribution in [2.24, 2.45) is 0 Å². The number of amides is 1. The van der Waals surface area contributed by atoms with E-state index in [4.69, 9.17) is 4.74 Å². The molecule has 6 nitrogen and oxygen atoms in total. The summed E-state index contributed by atoms with van der Waals surface area (Å²) in [5.41, 5.74) is 1.02. The first-order valence-electron chi connectivity index (χ1n) is 8.95. The van der Waals surface area contributed by atoms with Crippen molar-refractivity contribution in [1.29, 1.82) is 0 Å². The molecular formula is C19H24N2O4S2. The maximum atomic E-state index is 12.5. The van der Waals surface area contributed by atoms with E-state index in [0.717, 1.165) is 11.3 Å². The van der Waals surface area contributed by atoms with E-state index in [1.165, 1.54) is 11.3 Å². The van der Waals surface area contributed by atoms with Gasteiger partial charge in [0, 0.05) is 25.6 Å². The standard InChI is InChI=1S/C19H24N2O4S2/c1-25-17-6-3-2-5-15(17)8-9-18(22)21-12-10-16(11-13-21)20-27(23,24)19-7-4-14-26-19/h2-7,14,16,20H,8-13H2,1H3. The van der Waals surface area contributed by atoms with Crippen LogP contribution in [-0.2, 0) is 21.2 Å². The summed E-state index contributed by atoms with van der Waals surface area (Å²) in [7, 11) is -1.83. The minimum Gasteiger partial charge on any atom is -0.496 e. The SMILES string of the molecule is COc1ccccc1CCC(=O)N1CCC(NS(=O)(=O)c2cccs2)CC1. The van der Waals surface area contributed by atoms with Crippen molar-refractivity contribution in [3.63, 3.8) is 0 Å². The second-order valence-electron chi connectivity index (χ2n) is 6.52. The van der Waals surface area contributed by atoms with Crippen molar-refractivity contribution in [1.82, 2.24) is 9.62 Å². The number of piperidine rings is 1. The van der Waals surface area contributed by atoms with Gasteiger partial charge in [0.2, 0.25) is 15.9 Å². The van der Waals surface area contributed by atoms with Gasteiger partial charge in [-0.1, -0.05) is 24.3 Å². The van der Waals surface area contributed by atoms with Crippen LogP contribution in [0, 0.1) is 0 Å². The number of sulfonamides is 1. The van der Waals surface area contributed by atoms with Crippen molar-refractivity contribution in [2.45, 2.75) is 35.9 Å². The highest BCUT2D eigenvalue weighted by Gasteiger charge is 2.27. The molecule has 0 saturated carbocycles. The molecule has 1 aliphatic rings. The first-order chi connectivity index (χ1) is 13.0. The van der Waals surface area contributed by atoms with Gasteiger partial charge in [0.1, 0.15) is 9.96 Å². The highest BCUT2D eigenvalue weighted by atomic mass is 32.2. The number of para-hydroxylation sites is 1. The third-order valence-corrected chi connectivity index (χ3v) is 7.65. The molecule has 0 atom stereocenters. The van der Waals surface area contributed by atoms with E-state index in [0.29, 0.717) is 43.0 Å². The molecule has 0 aliphatic carbocycles. The molecule has 0 radical (unpaired) electrons. The lowest BCUT2D eigenvalue weighted by atomic mass is 10.0. The number of carbonyl (C=O) groups is 1. The van der Waals surface area contributed by atoms with E-state index in [9.17, 15) is 13.2 Å². The number of carbonyl (C=O) groups excluding carboxylic acids is 1. The summed E-state index contributed by atoms with van der Waals surface area (Å²) in [6.07, 6.45) is 2.32. The Morgan fingerprint density at radius 1 is 1.22 bits per heavy atom. The zero-order valence-electron chi connectivity index (χ0n) is 15.3. The number of hydrogen-bond acceptors (Lipinski definition) is 5. The minimum absolute atomic E-state index is 0.0977. The lowest BCUT2D eigenvalue weighted by molar-refractivity contribution is -0.132. The van der Waals surface area contributed by atoms with Gasteiger partial charge in [0.15, 0.2) is 0 Å². The van der Waals surface area contributed by atoms with Crippen LogP contribution in [0.5, 0.6) is 5.75 Å². The number of benzene rings is 1. The van der Waals surface area contributed by atoms with Crippen LogP contribution in [0.2, 0.25) is 0 Å². The van der Waals surface area contributed by atoms with Crippen LogP contribution in [0.25, 0.3) is 0 Å². The van der Waals surface area contributed by atoms with Gasteiger partial charge in [-0.25, -0.2) is 13.1 Å². The number of methoxy groups -OCH3 is 1. The second kappa shape index (κ2) is 8.86. The Balaban J connectivity index is 1.48. The van der Waals surface area contributed by atoms with E-state index < -0.39 is 10.0 Å². The van der Waals surface area contributed by atoms with Crippen molar-refractivity contribution in [3.05, 3.63) is 47.3 Å². The van der Waals surface area contributed by atoms with Gasteiger partial charge < -0.3 is 9.64 Å². The number of aryl methyl sites for hydroxylation is 1. The second-order valence-corrected chi connectivity index (χ2v) is 9.41. The Morgan fingerprint density at radius 2 is 1.96 bits per heavy atom. The highest BCUT2D eigenvalue weighted by molar-refractivity contribution is 7.91. The highest BCUT2D eigenvalue weighted by Crippen LogP contribution is 2.21. The molecule has 0 bridgehead atoms. The molecule has 27 heavy (non-hydrogen) atoms. The van der Waals surface area contributed by atoms with Gasteiger partial charge in [-0.2, -0.15) is 0 Å². The molecule has 1 fully saturated rings. The van der Waals surface area contributed by atoms with Crippen molar-refractivity contribution in [3.8, 4) is 5.75 Å². The van der Waals surface area contributed by atoms with Gasteiger partial charge in [0.25, 0.3) is 0 Å². The zero-order valence-corrected chi connectivity index (χ0v) is 16.9. The topological polar surface area (TPSA) is 75.7 Å². The number of nitrogens with zero attached hydrogens (tertiary/aromatic N) is 1. The largest absolute Gasteiger partial charge is 0.496 e. The lowest BCUT2D eigenvalue weighted by Gasteiger charge is -2.32. The van der Waals surface area contributed by atoms with Crippen LogP contribution >= 0.6 is 11.3 Å². The van der Waals surface area contributed by atoms with Crippen LogP contribution in [0.1, 0.15) is 24.8 Å². The molecule has 2 heterocycles. The van der Waals surface area contributed by atoms with Crippen LogP contribution in [0.4, 0.5) is 0 Å². The average molecular weight is 409 g/mol. The fraction of sp³-hybridized carbons (Fsp3) is 0.421. The summed E-state index contributed by atoms with van der Waals surface area (Å²) < 4.78 is 33.0. The number of nitrogens with one attached hydrogen (secondary N) is 1. The fourth-order valence-corrected chi connectivity index (χ4v) is 5.56. The number of ether oxygens (including phenoxy) is 1. The Bertz CT molecular complexity index is 858. The number of rotatable bonds is 7. The molecule has 1 saturated heterocycles. The average Bonchev–Trinajstić information content (AvgIpc) is 3.22. The molecule has 1 amide bonds. The summed E-state index contributed by atoms with van der Waals surface area (Å²) >= 11 is 1.21. The maximum absolute atomic E-state index is 12.5. The Kier molecular flexibility index (Phi) is 6.51. The summed E-state index contributed by atoms with van der Waals surface area (Å²) in [6.45, 7) is 1.14. The van der Waals surface area contributed by atoms with Gasteiger partial charge in [-0.3, -0.25) is 4.79 Å². The molecule has 0 unspecified atom stereocenters.